The Kier molecular flexibility index (Phi) is 4.56. The first-order chi connectivity index (χ1) is 11.0. The highest BCUT2D eigenvalue weighted by Crippen LogP contribution is 2.43. The van der Waals surface area contributed by atoms with E-state index in [-0.39, 0.29) is 47.6 Å². The molecule has 23 heavy (non-hydrogen) atoms. The molecule has 1 fully saturated rings. The number of aliphatic hydroxyl groups is 1. The molecular formula is C16H19ClN2O3S. The number of carbonyl (C=O) groups is 2. The number of rotatable bonds is 5. The summed E-state index contributed by atoms with van der Waals surface area (Å²) in [6.07, 6.45) is 4.03. The van der Waals surface area contributed by atoms with Gasteiger partial charge in [-0.1, -0.05) is 11.6 Å². The molecule has 1 atom stereocenters. The molecule has 0 bridgehead atoms. The molecule has 0 aliphatic heterocycles. The topological polar surface area (TPSA) is 72.2 Å². The van der Waals surface area contributed by atoms with Crippen molar-refractivity contribution in [3.05, 3.63) is 22.0 Å². The summed E-state index contributed by atoms with van der Waals surface area (Å²) in [7, 11) is 0. The molecule has 0 amide bonds. The van der Waals surface area contributed by atoms with E-state index in [0.717, 1.165) is 23.4 Å². The quantitative estimate of drug-likeness (QED) is 0.647. The van der Waals surface area contributed by atoms with Gasteiger partial charge < -0.3 is 5.11 Å². The third-order valence-corrected chi connectivity index (χ3v) is 5.53. The molecule has 2 aliphatic rings. The molecule has 1 aromatic rings. The molecule has 0 aromatic carbocycles. The second-order valence-electron chi connectivity index (χ2n) is 6.02. The minimum Gasteiger partial charge on any atom is -0.511 e. The Morgan fingerprint density at radius 1 is 1.43 bits per heavy atom. The lowest BCUT2D eigenvalue weighted by molar-refractivity contribution is -0.123. The van der Waals surface area contributed by atoms with E-state index in [1.165, 1.54) is 11.8 Å². The monoisotopic (exact) mass is 354 g/mol. The molecule has 0 radical (unpaired) electrons. The van der Waals surface area contributed by atoms with Gasteiger partial charge in [0, 0.05) is 36.8 Å². The van der Waals surface area contributed by atoms with Gasteiger partial charge in [-0.15, -0.1) is 11.8 Å². The number of halogens is 1. The number of carbonyl (C=O) groups excluding carboxylic acids is 2. The lowest BCUT2D eigenvalue weighted by Gasteiger charge is -2.23. The molecule has 1 heterocycles. The smallest absolute Gasteiger partial charge is 0.172 e. The number of allylic oxidation sites excluding steroid dienone is 2. The average molecular weight is 355 g/mol. The third-order valence-electron chi connectivity index (χ3n) is 4.43. The number of thioether (sulfide) groups is 1. The Bertz CT molecular complexity index is 706. The SMILES string of the molecule is CCn1nc(Cl)c(C2CC(=O)C(C(=O)C3CC3)=C(O)C2)c1SC. The Balaban J connectivity index is 1.94. The Morgan fingerprint density at radius 2 is 2.13 bits per heavy atom. The Hall–Kier alpha value is -1.27. The normalized spacial score (nSPS) is 21.9. The maximum atomic E-state index is 12.4. The number of Topliss-reactive ketones (excluding diaryl/α,β-unsaturated/α-hetero) is 2. The van der Waals surface area contributed by atoms with Gasteiger partial charge in [-0.05, 0) is 26.0 Å². The van der Waals surface area contributed by atoms with Crippen molar-refractivity contribution in [1.29, 1.82) is 0 Å². The zero-order valence-electron chi connectivity index (χ0n) is 13.1. The summed E-state index contributed by atoms with van der Waals surface area (Å²) in [4.78, 5) is 24.6. The zero-order chi connectivity index (χ0) is 16.7. The second kappa shape index (κ2) is 6.32. The summed E-state index contributed by atoms with van der Waals surface area (Å²) >= 11 is 7.80. The van der Waals surface area contributed by atoms with Gasteiger partial charge in [0.2, 0.25) is 0 Å². The van der Waals surface area contributed by atoms with Crippen LogP contribution in [0.15, 0.2) is 16.4 Å². The van der Waals surface area contributed by atoms with E-state index >= 15 is 0 Å². The highest BCUT2D eigenvalue weighted by atomic mass is 35.5. The van der Waals surface area contributed by atoms with Crippen molar-refractivity contribution < 1.29 is 14.7 Å². The molecular weight excluding hydrogens is 336 g/mol. The van der Waals surface area contributed by atoms with E-state index in [1.807, 2.05) is 13.2 Å². The molecule has 1 N–H and O–H groups in total. The molecule has 7 heteroatoms. The summed E-state index contributed by atoms with van der Waals surface area (Å²) in [5, 5.41) is 15.9. The number of nitrogens with zero attached hydrogens (tertiary/aromatic N) is 2. The maximum Gasteiger partial charge on any atom is 0.172 e. The summed E-state index contributed by atoms with van der Waals surface area (Å²) in [5.41, 5.74) is 0.826. The van der Waals surface area contributed by atoms with Crippen LogP contribution in [0.1, 0.15) is 44.1 Å². The number of ketones is 2. The van der Waals surface area contributed by atoms with E-state index < -0.39 is 0 Å². The highest BCUT2D eigenvalue weighted by molar-refractivity contribution is 7.98. The average Bonchev–Trinajstić information content (AvgIpc) is 3.29. The molecule has 3 rings (SSSR count). The van der Waals surface area contributed by atoms with Gasteiger partial charge in [0.25, 0.3) is 0 Å². The van der Waals surface area contributed by atoms with Gasteiger partial charge in [-0.3, -0.25) is 14.3 Å². The van der Waals surface area contributed by atoms with Gasteiger partial charge in [0.15, 0.2) is 16.7 Å². The van der Waals surface area contributed by atoms with Crippen molar-refractivity contribution in [1.82, 2.24) is 9.78 Å². The molecule has 2 aliphatic carbocycles. The fourth-order valence-corrected chi connectivity index (χ4v) is 4.39. The molecule has 0 saturated heterocycles. The summed E-state index contributed by atoms with van der Waals surface area (Å²) in [6.45, 7) is 2.66. The molecule has 0 spiro atoms. The van der Waals surface area contributed by atoms with Crippen LogP contribution < -0.4 is 0 Å². The van der Waals surface area contributed by atoms with Crippen LogP contribution in [0.2, 0.25) is 5.15 Å². The Labute approximate surface area is 144 Å². The maximum absolute atomic E-state index is 12.4. The number of aryl methyl sites for hydroxylation is 1. The zero-order valence-corrected chi connectivity index (χ0v) is 14.7. The number of aromatic nitrogens is 2. The molecule has 1 aromatic heterocycles. The predicted octanol–water partition coefficient (Wildman–Crippen LogP) is 3.52. The van der Waals surface area contributed by atoms with Gasteiger partial charge in [-0.2, -0.15) is 5.10 Å². The minimum absolute atomic E-state index is 0.0217. The molecule has 1 saturated carbocycles. The summed E-state index contributed by atoms with van der Waals surface area (Å²) < 4.78 is 1.80. The highest BCUT2D eigenvalue weighted by Gasteiger charge is 2.40. The van der Waals surface area contributed by atoms with Crippen molar-refractivity contribution in [3.8, 4) is 0 Å². The van der Waals surface area contributed by atoms with Crippen molar-refractivity contribution in [2.75, 3.05) is 6.26 Å². The van der Waals surface area contributed by atoms with Crippen LogP contribution in [-0.4, -0.2) is 32.7 Å². The van der Waals surface area contributed by atoms with Crippen LogP contribution in [0.25, 0.3) is 0 Å². The molecule has 5 nitrogen and oxygen atoms in total. The van der Waals surface area contributed by atoms with E-state index in [1.54, 1.807) is 4.68 Å². The standard InChI is InChI=1S/C16H19ClN2O3S/c1-3-19-16(23-2)12(15(17)18-19)9-6-10(20)13(11(21)7-9)14(22)8-4-5-8/h8-9,20H,3-7H2,1-2H3. The van der Waals surface area contributed by atoms with E-state index in [9.17, 15) is 14.7 Å². The van der Waals surface area contributed by atoms with Gasteiger partial charge in [-0.25, -0.2) is 0 Å². The number of aliphatic hydroxyl groups excluding tert-OH is 1. The van der Waals surface area contributed by atoms with Crippen LogP contribution in [0.3, 0.4) is 0 Å². The summed E-state index contributed by atoms with van der Waals surface area (Å²) in [5.74, 6) is -0.848. The van der Waals surface area contributed by atoms with Crippen LogP contribution in [0, 0.1) is 5.92 Å². The van der Waals surface area contributed by atoms with Gasteiger partial charge in [0.1, 0.15) is 5.76 Å². The first-order valence-corrected chi connectivity index (χ1v) is 9.37. The molecule has 124 valence electrons. The molecule has 1 unspecified atom stereocenters. The van der Waals surface area contributed by atoms with Crippen molar-refractivity contribution in [2.45, 2.75) is 50.1 Å². The van der Waals surface area contributed by atoms with Crippen molar-refractivity contribution in [2.24, 2.45) is 5.92 Å². The van der Waals surface area contributed by atoms with Crippen LogP contribution >= 0.6 is 23.4 Å². The first kappa shape index (κ1) is 16.6. The third kappa shape index (κ3) is 2.94. The lowest BCUT2D eigenvalue weighted by Crippen LogP contribution is -2.24. The number of hydrogen-bond acceptors (Lipinski definition) is 5. The van der Waals surface area contributed by atoms with Crippen LogP contribution in [-0.2, 0) is 16.1 Å². The van der Waals surface area contributed by atoms with E-state index in [4.69, 9.17) is 11.6 Å². The fourth-order valence-electron chi connectivity index (χ4n) is 3.13. The van der Waals surface area contributed by atoms with E-state index in [0.29, 0.717) is 11.7 Å². The lowest BCUT2D eigenvalue weighted by atomic mass is 9.82. The van der Waals surface area contributed by atoms with Crippen molar-refractivity contribution >= 4 is 34.9 Å². The van der Waals surface area contributed by atoms with E-state index in [2.05, 4.69) is 5.10 Å². The van der Waals surface area contributed by atoms with Gasteiger partial charge in [0.05, 0.1) is 10.6 Å². The fraction of sp³-hybridized carbons (Fsp3) is 0.562. The largest absolute Gasteiger partial charge is 0.511 e. The first-order valence-electron chi connectivity index (χ1n) is 7.77. The van der Waals surface area contributed by atoms with Crippen LogP contribution in [0.5, 0.6) is 0 Å². The number of hydrogen-bond donors (Lipinski definition) is 1. The van der Waals surface area contributed by atoms with Crippen LogP contribution in [0.4, 0.5) is 0 Å². The van der Waals surface area contributed by atoms with Crippen molar-refractivity contribution in [3.63, 3.8) is 0 Å². The minimum atomic E-state index is -0.275. The second-order valence-corrected chi connectivity index (χ2v) is 7.17. The summed E-state index contributed by atoms with van der Waals surface area (Å²) in [6, 6.07) is 0. The predicted molar refractivity (Wildman–Crippen MR) is 89.1 cm³/mol. The Morgan fingerprint density at radius 3 is 2.65 bits per heavy atom. The van der Waals surface area contributed by atoms with Gasteiger partial charge >= 0.3 is 0 Å².